The molecule has 0 radical (unpaired) electrons. The Morgan fingerprint density at radius 2 is 2.00 bits per heavy atom. The zero-order chi connectivity index (χ0) is 15.1. The Morgan fingerprint density at radius 1 is 1.24 bits per heavy atom. The minimum absolute atomic E-state index is 0.385. The number of hydrogen-bond donors (Lipinski definition) is 1. The number of rotatable bonds is 8. The molecule has 1 N–H and O–H groups in total. The van der Waals surface area contributed by atoms with E-state index in [0.29, 0.717) is 23.7 Å². The molecule has 1 unspecified atom stereocenters. The maximum absolute atomic E-state index is 5.39. The van der Waals surface area contributed by atoms with Gasteiger partial charge in [0.05, 0.1) is 0 Å². The van der Waals surface area contributed by atoms with Gasteiger partial charge in [0.15, 0.2) is 0 Å². The fourth-order valence-electron chi connectivity index (χ4n) is 2.32. The van der Waals surface area contributed by atoms with E-state index in [4.69, 9.17) is 4.52 Å². The first-order valence-electron chi connectivity index (χ1n) is 7.65. The van der Waals surface area contributed by atoms with E-state index in [9.17, 15) is 0 Å². The molecule has 0 saturated heterocycles. The number of aromatic nitrogens is 3. The van der Waals surface area contributed by atoms with Crippen LogP contribution in [0.15, 0.2) is 29.0 Å². The first-order valence-corrected chi connectivity index (χ1v) is 7.65. The minimum Gasteiger partial charge on any atom is -0.339 e. The molecule has 0 amide bonds. The molecule has 2 rings (SSSR count). The van der Waals surface area contributed by atoms with Gasteiger partial charge in [0.25, 0.3) is 0 Å². The van der Waals surface area contributed by atoms with Crippen LogP contribution in [-0.2, 0) is 6.42 Å². The van der Waals surface area contributed by atoms with Crippen molar-refractivity contribution in [3.8, 4) is 11.4 Å². The van der Waals surface area contributed by atoms with E-state index in [1.807, 2.05) is 12.1 Å². The number of nitrogens with one attached hydrogen (secondary N) is 1. The molecular formula is C16H24N4O. The molecule has 0 saturated carbocycles. The predicted molar refractivity (Wildman–Crippen MR) is 82.8 cm³/mol. The molecule has 2 aromatic heterocycles. The molecule has 114 valence electrons. The lowest BCUT2D eigenvalue weighted by Crippen LogP contribution is -2.33. The van der Waals surface area contributed by atoms with E-state index < -0.39 is 0 Å². The van der Waals surface area contributed by atoms with Crippen LogP contribution in [0.1, 0.15) is 39.5 Å². The quantitative estimate of drug-likeness (QED) is 0.808. The summed E-state index contributed by atoms with van der Waals surface area (Å²) in [6.07, 6.45) is 6.47. The monoisotopic (exact) mass is 288 g/mol. The van der Waals surface area contributed by atoms with Crippen molar-refractivity contribution in [3.63, 3.8) is 0 Å². The Hall–Kier alpha value is -1.75. The van der Waals surface area contributed by atoms with E-state index in [1.54, 1.807) is 12.4 Å². The van der Waals surface area contributed by atoms with Crippen LogP contribution in [0, 0.1) is 5.92 Å². The largest absolute Gasteiger partial charge is 0.339 e. The highest BCUT2D eigenvalue weighted by atomic mass is 16.5. The van der Waals surface area contributed by atoms with Crippen molar-refractivity contribution >= 4 is 0 Å². The highest BCUT2D eigenvalue weighted by molar-refractivity contribution is 5.52. The normalized spacial score (nSPS) is 12.8. The lowest BCUT2D eigenvalue weighted by atomic mass is 10.0. The van der Waals surface area contributed by atoms with Gasteiger partial charge < -0.3 is 9.84 Å². The summed E-state index contributed by atoms with van der Waals surface area (Å²) in [7, 11) is 0. The second-order valence-electron chi connectivity index (χ2n) is 5.73. The molecule has 21 heavy (non-hydrogen) atoms. The molecule has 1 atom stereocenters. The molecule has 0 spiro atoms. The van der Waals surface area contributed by atoms with Crippen molar-refractivity contribution in [2.75, 3.05) is 6.54 Å². The van der Waals surface area contributed by atoms with Crippen LogP contribution in [0.2, 0.25) is 0 Å². The van der Waals surface area contributed by atoms with E-state index in [0.717, 1.165) is 31.4 Å². The Kier molecular flexibility index (Phi) is 5.87. The molecule has 0 aliphatic carbocycles. The van der Waals surface area contributed by atoms with Gasteiger partial charge in [-0.15, -0.1) is 0 Å². The first-order chi connectivity index (χ1) is 10.2. The Labute approximate surface area is 126 Å². The van der Waals surface area contributed by atoms with Crippen molar-refractivity contribution in [3.05, 3.63) is 30.4 Å². The Balaban J connectivity index is 2.02. The van der Waals surface area contributed by atoms with Gasteiger partial charge in [0.2, 0.25) is 11.7 Å². The van der Waals surface area contributed by atoms with Gasteiger partial charge in [-0.05, 0) is 37.4 Å². The third kappa shape index (κ3) is 4.93. The van der Waals surface area contributed by atoms with Gasteiger partial charge in [-0.1, -0.05) is 25.9 Å². The van der Waals surface area contributed by atoms with Crippen LogP contribution in [0.4, 0.5) is 0 Å². The average Bonchev–Trinajstić information content (AvgIpc) is 2.93. The van der Waals surface area contributed by atoms with E-state index in [-0.39, 0.29) is 0 Å². The van der Waals surface area contributed by atoms with Crippen LogP contribution < -0.4 is 5.32 Å². The molecule has 5 nitrogen and oxygen atoms in total. The van der Waals surface area contributed by atoms with Crippen molar-refractivity contribution in [2.45, 2.75) is 46.1 Å². The topological polar surface area (TPSA) is 63.8 Å². The second-order valence-corrected chi connectivity index (χ2v) is 5.73. The number of pyridine rings is 1. The van der Waals surface area contributed by atoms with Gasteiger partial charge in [-0.25, -0.2) is 0 Å². The van der Waals surface area contributed by atoms with Crippen LogP contribution in [0.25, 0.3) is 11.4 Å². The van der Waals surface area contributed by atoms with Gasteiger partial charge in [-0.2, -0.15) is 4.98 Å². The highest BCUT2D eigenvalue weighted by Gasteiger charge is 2.16. The lowest BCUT2D eigenvalue weighted by molar-refractivity contribution is 0.338. The molecule has 5 heteroatoms. The highest BCUT2D eigenvalue weighted by Crippen LogP contribution is 2.16. The summed E-state index contributed by atoms with van der Waals surface area (Å²) in [5.74, 6) is 1.96. The van der Waals surface area contributed by atoms with Crippen molar-refractivity contribution in [1.29, 1.82) is 0 Å². The second kappa shape index (κ2) is 7.88. The summed E-state index contributed by atoms with van der Waals surface area (Å²) < 4.78 is 5.39. The number of hydrogen-bond acceptors (Lipinski definition) is 5. The molecular weight excluding hydrogens is 264 g/mol. The van der Waals surface area contributed by atoms with Gasteiger partial charge in [0.1, 0.15) is 0 Å². The molecule has 2 heterocycles. The molecule has 0 aromatic carbocycles. The molecule has 0 fully saturated rings. The zero-order valence-electron chi connectivity index (χ0n) is 13.0. The average molecular weight is 288 g/mol. The summed E-state index contributed by atoms with van der Waals surface area (Å²) in [6, 6.07) is 4.15. The standard InChI is InChI=1S/C16H24N4O/c1-4-7-18-14(10-12(2)3)11-15-19-16(20-21-15)13-5-8-17-9-6-13/h5-6,8-9,12,14,18H,4,7,10-11H2,1-3H3. The van der Waals surface area contributed by atoms with Crippen molar-refractivity contribution in [2.24, 2.45) is 5.92 Å². The van der Waals surface area contributed by atoms with Crippen LogP contribution in [-0.4, -0.2) is 27.7 Å². The first kappa shape index (κ1) is 15.6. The summed E-state index contributed by atoms with van der Waals surface area (Å²) in [5, 5.41) is 7.62. The van der Waals surface area contributed by atoms with Crippen molar-refractivity contribution < 1.29 is 4.52 Å². The van der Waals surface area contributed by atoms with Crippen molar-refractivity contribution in [1.82, 2.24) is 20.4 Å². The third-order valence-electron chi connectivity index (χ3n) is 3.27. The molecule has 0 aliphatic heterocycles. The van der Waals surface area contributed by atoms with Gasteiger partial charge in [-0.3, -0.25) is 4.98 Å². The smallest absolute Gasteiger partial charge is 0.228 e. The zero-order valence-corrected chi connectivity index (χ0v) is 13.0. The SMILES string of the molecule is CCCNC(Cc1nc(-c2ccncc2)no1)CC(C)C. The summed E-state index contributed by atoms with van der Waals surface area (Å²) in [6.45, 7) is 7.66. The van der Waals surface area contributed by atoms with Crippen LogP contribution >= 0.6 is 0 Å². The fraction of sp³-hybridized carbons (Fsp3) is 0.562. The molecule has 2 aromatic rings. The molecule has 0 aliphatic rings. The van der Waals surface area contributed by atoms with E-state index in [1.165, 1.54) is 0 Å². The summed E-state index contributed by atoms with van der Waals surface area (Å²) >= 11 is 0. The maximum Gasteiger partial charge on any atom is 0.228 e. The minimum atomic E-state index is 0.385. The third-order valence-corrected chi connectivity index (χ3v) is 3.27. The van der Waals surface area contributed by atoms with Crippen LogP contribution in [0.3, 0.4) is 0 Å². The summed E-state index contributed by atoms with van der Waals surface area (Å²) in [5.41, 5.74) is 0.932. The Bertz CT molecular complexity index is 524. The maximum atomic E-state index is 5.39. The van der Waals surface area contributed by atoms with E-state index >= 15 is 0 Å². The van der Waals surface area contributed by atoms with Gasteiger partial charge in [0, 0.05) is 30.4 Å². The fourth-order valence-corrected chi connectivity index (χ4v) is 2.32. The van der Waals surface area contributed by atoms with Crippen LogP contribution in [0.5, 0.6) is 0 Å². The summed E-state index contributed by atoms with van der Waals surface area (Å²) in [4.78, 5) is 8.49. The lowest BCUT2D eigenvalue weighted by Gasteiger charge is -2.18. The van der Waals surface area contributed by atoms with E-state index in [2.05, 4.69) is 41.2 Å². The molecule has 0 bridgehead atoms. The predicted octanol–water partition coefficient (Wildman–Crippen LogP) is 3.09. The Morgan fingerprint density at radius 3 is 2.67 bits per heavy atom. The number of nitrogens with zero attached hydrogens (tertiary/aromatic N) is 3. The van der Waals surface area contributed by atoms with Gasteiger partial charge >= 0.3 is 0 Å².